The molecule has 1 heterocycles. The van der Waals surface area contributed by atoms with Crippen molar-refractivity contribution in [1.82, 2.24) is 4.98 Å². The monoisotopic (exact) mass is 368 g/mol. The van der Waals surface area contributed by atoms with E-state index in [2.05, 4.69) is 17.2 Å². The van der Waals surface area contributed by atoms with Crippen molar-refractivity contribution in [3.8, 4) is 0 Å². The minimum atomic E-state index is -3.81. The van der Waals surface area contributed by atoms with Crippen LogP contribution in [0.1, 0.15) is 23.9 Å². The number of halogens is 1. The van der Waals surface area contributed by atoms with Crippen molar-refractivity contribution in [1.29, 1.82) is 0 Å². The number of rotatable bonds is 4. The Bertz CT molecular complexity index is 860. The highest BCUT2D eigenvalue weighted by atomic mass is 32.2. The number of aromatic nitrogens is 1. The molecule has 0 fully saturated rings. The van der Waals surface area contributed by atoms with Crippen LogP contribution in [0, 0.1) is 11.7 Å². The molecule has 5 nitrogen and oxygen atoms in total. The third-order valence-electron chi connectivity index (χ3n) is 3.93. The first-order valence-electron chi connectivity index (χ1n) is 7.60. The summed E-state index contributed by atoms with van der Waals surface area (Å²) in [5, 5.41) is 3.00. The van der Waals surface area contributed by atoms with Gasteiger partial charge in [-0.3, -0.25) is 4.79 Å². The van der Waals surface area contributed by atoms with Crippen LogP contribution in [0.3, 0.4) is 0 Å². The van der Waals surface area contributed by atoms with Gasteiger partial charge in [0.2, 0.25) is 5.91 Å². The maximum Gasteiger partial charge on any atom is 0.241 e. The molecule has 1 aromatic heterocycles. The van der Waals surface area contributed by atoms with E-state index in [1.807, 2.05) is 0 Å². The molecule has 0 aliphatic heterocycles. The summed E-state index contributed by atoms with van der Waals surface area (Å²) < 4.78 is 37.2. The van der Waals surface area contributed by atoms with Gasteiger partial charge in [0.1, 0.15) is 11.6 Å². The van der Waals surface area contributed by atoms with E-state index in [0.717, 1.165) is 54.1 Å². The highest BCUT2D eigenvalue weighted by Gasteiger charge is 2.23. The van der Waals surface area contributed by atoms with Gasteiger partial charge in [-0.1, -0.05) is 6.92 Å². The van der Waals surface area contributed by atoms with E-state index < -0.39 is 27.3 Å². The van der Waals surface area contributed by atoms with Gasteiger partial charge in [-0.15, -0.1) is 11.3 Å². The molecule has 1 atom stereocenters. The van der Waals surface area contributed by atoms with Crippen molar-refractivity contribution in [2.45, 2.75) is 31.1 Å². The normalized spacial score (nSPS) is 17.3. The number of nitrogens with zero attached hydrogens (tertiary/aromatic N) is 1. The van der Waals surface area contributed by atoms with Gasteiger partial charge in [0.25, 0.3) is 0 Å². The smallest absolute Gasteiger partial charge is 0.241 e. The van der Waals surface area contributed by atoms with Crippen molar-refractivity contribution >= 4 is 32.2 Å². The minimum Gasteiger partial charge on any atom is -0.301 e. The summed E-state index contributed by atoms with van der Waals surface area (Å²) in [5.74, 6) is -1.26. The molecule has 2 aromatic rings. The van der Waals surface area contributed by atoms with Gasteiger partial charge in [-0.2, -0.15) is 0 Å². The Morgan fingerprint density at radius 1 is 1.38 bits per heavy atom. The molecule has 1 N–H and O–H groups in total. The zero-order valence-electron chi connectivity index (χ0n) is 13.1. The van der Waals surface area contributed by atoms with Gasteiger partial charge >= 0.3 is 0 Å². The number of hydrogen-bond donors (Lipinski definition) is 1. The van der Waals surface area contributed by atoms with Crippen molar-refractivity contribution in [3.63, 3.8) is 0 Å². The SMILES string of the molecule is CC1CCc2nc(NC(=O)CS(=O)(=O)c3ccc(F)cc3)sc2C1. The van der Waals surface area contributed by atoms with E-state index >= 15 is 0 Å². The van der Waals surface area contributed by atoms with Crippen LogP contribution < -0.4 is 5.32 Å². The number of sulfone groups is 1. The molecule has 1 aromatic carbocycles. The van der Waals surface area contributed by atoms with E-state index in [1.165, 1.54) is 11.3 Å². The average Bonchev–Trinajstić information content (AvgIpc) is 2.88. The van der Waals surface area contributed by atoms with Crippen molar-refractivity contribution in [3.05, 3.63) is 40.7 Å². The lowest BCUT2D eigenvalue weighted by molar-refractivity contribution is -0.113. The molecule has 3 rings (SSSR count). The van der Waals surface area contributed by atoms with Crippen LogP contribution in [0.15, 0.2) is 29.2 Å². The van der Waals surface area contributed by atoms with Gasteiger partial charge in [0, 0.05) is 4.88 Å². The minimum absolute atomic E-state index is 0.0775. The number of thiazole rings is 1. The molecule has 0 bridgehead atoms. The molecule has 1 aliphatic rings. The highest BCUT2D eigenvalue weighted by molar-refractivity contribution is 7.92. The van der Waals surface area contributed by atoms with Gasteiger partial charge in [0.05, 0.1) is 10.6 Å². The average molecular weight is 368 g/mol. The van der Waals surface area contributed by atoms with Gasteiger partial charge in [0.15, 0.2) is 15.0 Å². The predicted molar refractivity (Wildman–Crippen MR) is 90.4 cm³/mol. The van der Waals surface area contributed by atoms with Gasteiger partial charge < -0.3 is 5.32 Å². The Labute approximate surface area is 143 Å². The Balaban J connectivity index is 1.68. The fraction of sp³-hybridized carbons (Fsp3) is 0.375. The Morgan fingerprint density at radius 3 is 2.79 bits per heavy atom. The molecule has 8 heteroatoms. The standard InChI is InChI=1S/C16H17FN2O3S2/c1-10-2-7-13-14(8-10)23-16(18-13)19-15(20)9-24(21,22)12-5-3-11(17)4-6-12/h3-6,10H,2,7-9H2,1H3,(H,18,19,20). The lowest BCUT2D eigenvalue weighted by Crippen LogP contribution is -2.23. The highest BCUT2D eigenvalue weighted by Crippen LogP contribution is 2.32. The third-order valence-corrected chi connectivity index (χ3v) is 6.59. The topological polar surface area (TPSA) is 76.1 Å². The molecule has 1 amide bonds. The summed E-state index contributed by atoms with van der Waals surface area (Å²) >= 11 is 1.40. The zero-order valence-corrected chi connectivity index (χ0v) is 14.7. The van der Waals surface area contributed by atoms with Crippen molar-refractivity contribution in [2.24, 2.45) is 5.92 Å². The van der Waals surface area contributed by atoms with Crippen molar-refractivity contribution < 1.29 is 17.6 Å². The first-order valence-corrected chi connectivity index (χ1v) is 10.1. The molecule has 0 saturated heterocycles. The van der Waals surface area contributed by atoms with Crippen LogP contribution in [-0.2, 0) is 27.5 Å². The Morgan fingerprint density at radius 2 is 2.08 bits per heavy atom. The molecule has 1 aliphatic carbocycles. The van der Waals surface area contributed by atoms with Crippen LogP contribution in [0.25, 0.3) is 0 Å². The second-order valence-electron chi connectivity index (χ2n) is 6.00. The number of amides is 1. The Hall–Kier alpha value is -1.80. The molecule has 0 spiro atoms. The number of anilines is 1. The van der Waals surface area contributed by atoms with E-state index in [4.69, 9.17) is 0 Å². The maximum atomic E-state index is 12.9. The number of carbonyl (C=O) groups excluding carboxylic acids is 1. The quantitative estimate of drug-likeness (QED) is 0.842. The summed E-state index contributed by atoms with van der Waals surface area (Å²) in [6.07, 6.45) is 2.90. The molecule has 0 saturated carbocycles. The molecular formula is C16H17FN2O3S2. The number of carbonyl (C=O) groups is 1. The van der Waals surface area contributed by atoms with Gasteiger partial charge in [-0.25, -0.2) is 17.8 Å². The zero-order chi connectivity index (χ0) is 17.3. The number of aryl methyl sites for hydroxylation is 1. The summed E-state index contributed by atoms with van der Waals surface area (Å²) in [5.41, 5.74) is 0.995. The van der Waals surface area contributed by atoms with Crippen LogP contribution in [0.2, 0.25) is 0 Å². The number of hydrogen-bond acceptors (Lipinski definition) is 5. The lowest BCUT2D eigenvalue weighted by atomic mass is 9.93. The fourth-order valence-electron chi connectivity index (χ4n) is 2.65. The van der Waals surface area contributed by atoms with Crippen LogP contribution in [0.5, 0.6) is 0 Å². The molecule has 24 heavy (non-hydrogen) atoms. The number of nitrogens with one attached hydrogen (secondary N) is 1. The van der Waals surface area contributed by atoms with E-state index in [0.29, 0.717) is 11.0 Å². The van der Waals surface area contributed by atoms with E-state index in [1.54, 1.807) is 0 Å². The molecule has 1 unspecified atom stereocenters. The first kappa shape index (κ1) is 17.0. The molecule has 128 valence electrons. The van der Waals surface area contributed by atoms with Gasteiger partial charge in [-0.05, 0) is 49.4 Å². The lowest BCUT2D eigenvalue weighted by Gasteiger charge is -2.15. The second-order valence-corrected chi connectivity index (χ2v) is 9.07. The molecule has 0 radical (unpaired) electrons. The number of benzene rings is 1. The summed E-state index contributed by atoms with van der Waals surface area (Å²) in [6, 6.07) is 4.42. The van der Waals surface area contributed by atoms with Crippen molar-refractivity contribution in [2.75, 3.05) is 11.1 Å². The van der Waals surface area contributed by atoms with Crippen LogP contribution >= 0.6 is 11.3 Å². The largest absolute Gasteiger partial charge is 0.301 e. The summed E-state index contributed by atoms with van der Waals surface area (Å²) in [7, 11) is -3.81. The maximum absolute atomic E-state index is 12.9. The van der Waals surface area contributed by atoms with Crippen LogP contribution in [-0.4, -0.2) is 25.1 Å². The third kappa shape index (κ3) is 3.81. The number of fused-ring (bicyclic) bond motifs is 1. The van der Waals surface area contributed by atoms with E-state index in [9.17, 15) is 17.6 Å². The van der Waals surface area contributed by atoms with Crippen LogP contribution in [0.4, 0.5) is 9.52 Å². The predicted octanol–water partition coefficient (Wildman–Crippen LogP) is 2.82. The first-order chi connectivity index (χ1) is 11.3. The van der Waals surface area contributed by atoms with E-state index in [-0.39, 0.29) is 4.90 Å². The second kappa shape index (κ2) is 6.60. The summed E-state index contributed by atoms with van der Waals surface area (Å²) in [4.78, 5) is 17.5. The molecular weight excluding hydrogens is 351 g/mol. The summed E-state index contributed by atoms with van der Waals surface area (Å²) in [6.45, 7) is 2.18. The fourth-order valence-corrected chi connectivity index (χ4v) is 4.97. The Kier molecular flexibility index (Phi) is 4.69.